The first-order chi connectivity index (χ1) is 14.3. The van der Waals surface area contributed by atoms with Crippen LogP contribution in [0.25, 0.3) is 0 Å². The first kappa shape index (κ1) is 22.6. The molecule has 1 amide bonds. The highest BCUT2D eigenvalue weighted by atomic mass is 35.5. The molecule has 162 valence electrons. The van der Waals surface area contributed by atoms with E-state index in [1.807, 2.05) is 30.3 Å². The number of likely N-dealkylation sites (N-methyl/N-ethyl adjacent to an activating group) is 1. The van der Waals surface area contributed by atoms with Crippen LogP contribution < -0.4 is 10.6 Å². The molecule has 1 aliphatic heterocycles. The van der Waals surface area contributed by atoms with Crippen molar-refractivity contribution in [3.8, 4) is 0 Å². The molecule has 0 saturated carbocycles. The highest BCUT2D eigenvalue weighted by Gasteiger charge is 2.32. The molecule has 0 aromatic heterocycles. The Labute approximate surface area is 179 Å². The maximum atomic E-state index is 13.1. The standard InChI is InChI=1S/C22H25ClF3N3O/c1-2-29-12-6-9-17(29)14-27-20(15-7-4-3-5-8-15)21(30)28-19-13-16(22(24,25)26)10-11-18(19)23/h3-5,7-8,10-11,13,17,20,27H,2,6,9,12,14H2,1H3,(H,28,30)/t17-,20+/m0/s1. The van der Waals surface area contributed by atoms with Gasteiger partial charge in [0, 0.05) is 12.6 Å². The number of amides is 1. The number of rotatable bonds is 7. The van der Waals surface area contributed by atoms with E-state index in [1.54, 1.807) is 0 Å². The lowest BCUT2D eigenvalue weighted by molar-refractivity contribution is -0.137. The molecule has 8 heteroatoms. The Morgan fingerprint density at radius 1 is 1.23 bits per heavy atom. The van der Waals surface area contributed by atoms with Crippen LogP contribution in [0.5, 0.6) is 0 Å². The highest BCUT2D eigenvalue weighted by Crippen LogP contribution is 2.34. The van der Waals surface area contributed by atoms with Crippen LogP contribution in [-0.2, 0) is 11.0 Å². The molecule has 3 rings (SSSR count). The zero-order chi connectivity index (χ0) is 21.7. The Morgan fingerprint density at radius 2 is 1.97 bits per heavy atom. The van der Waals surface area contributed by atoms with Crippen molar-refractivity contribution in [3.05, 3.63) is 64.7 Å². The van der Waals surface area contributed by atoms with Crippen molar-refractivity contribution in [2.45, 2.75) is 38.0 Å². The molecule has 0 radical (unpaired) electrons. The summed E-state index contributed by atoms with van der Waals surface area (Å²) in [6, 6.07) is 11.6. The molecule has 2 N–H and O–H groups in total. The normalized spacial score (nSPS) is 18.4. The van der Waals surface area contributed by atoms with E-state index < -0.39 is 23.7 Å². The van der Waals surface area contributed by atoms with Crippen molar-refractivity contribution < 1.29 is 18.0 Å². The molecule has 1 heterocycles. The van der Waals surface area contributed by atoms with Crippen LogP contribution in [0.15, 0.2) is 48.5 Å². The number of hydrogen-bond donors (Lipinski definition) is 2. The first-order valence-corrected chi connectivity index (χ1v) is 10.4. The van der Waals surface area contributed by atoms with Gasteiger partial charge in [-0.25, -0.2) is 0 Å². The highest BCUT2D eigenvalue weighted by molar-refractivity contribution is 6.33. The lowest BCUT2D eigenvalue weighted by Gasteiger charge is -2.26. The predicted molar refractivity (Wildman–Crippen MR) is 113 cm³/mol. The lowest BCUT2D eigenvalue weighted by atomic mass is 10.0. The second-order valence-corrected chi connectivity index (χ2v) is 7.77. The lowest BCUT2D eigenvalue weighted by Crippen LogP contribution is -2.42. The van der Waals surface area contributed by atoms with Gasteiger partial charge in [-0.05, 0) is 49.7 Å². The number of nitrogens with one attached hydrogen (secondary N) is 2. The van der Waals surface area contributed by atoms with Crippen molar-refractivity contribution in [2.75, 3.05) is 25.0 Å². The molecule has 0 aliphatic carbocycles. The summed E-state index contributed by atoms with van der Waals surface area (Å²) in [5.41, 5.74) is -0.189. The molecular formula is C22H25ClF3N3O. The van der Waals surface area contributed by atoms with E-state index in [0.29, 0.717) is 12.6 Å². The maximum absolute atomic E-state index is 13.1. The third-order valence-corrected chi connectivity index (χ3v) is 5.74. The van der Waals surface area contributed by atoms with E-state index in [4.69, 9.17) is 11.6 Å². The second kappa shape index (κ2) is 9.81. The summed E-state index contributed by atoms with van der Waals surface area (Å²) in [6.07, 6.45) is -2.36. The van der Waals surface area contributed by atoms with Gasteiger partial charge in [-0.3, -0.25) is 9.69 Å². The zero-order valence-electron chi connectivity index (χ0n) is 16.7. The van der Waals surface area contributed by atoms with Crippen LogP contribution in [0.2, 0.25) is 5.02 Å². The zero-order valence-corrected chi connectivity index (χ0v) is 17.4. The summed E-state index contributed by atoms with van der Waals surface area (Å²) in [4.78, 5) is 15.4. The monoisotopic (exact) mass is 439 g/mol. The van der Waals surface area contributed by atoms with E-state index in [9.17, 15) is 18.0 Å². The molecule has 0 spiro atoms. The minimum Gasteiger partial charge on any atom is -0.323 e. The van der Waals surface area contributed by atoms with Crippen molar-refractivity contribution in [1.82, 2.24) is 10.2 Å². The van der Waals surface area contributed by atoms with Gasteiger partial charge in [0.25, 0.3) is 0 Å². The second-order valence-electron chi connectivity index (χ2n) is 7.36. The predicted octanol–water partition coefficient (Wildman–Crippen LogP) is 5.11. The topological polar surface area (TPSA) is 44.4 Å². The van der Waals surface area contributed by atoms with Crippen LogP contribution in [0.4, 0.5) is 18.9 Å². The fraction of sp³-hybridized carbons (Fsp3) is 0.409. The number of carbonyl (C=O) groups excluding carboxylic acids is 1. The molecule has 2 aromatic carbocycles. The van der Waals surface area contributed by atoms with Gasteiger partial charge in [0.1, 0.15) is 6.04 Å². The van der Waals surface area contributed by atoms with Crippen LogP contribution in [0.3, 0.4) is 0 Å². The average molecular weight is 440 g/mol. The molecule has 0 unspecified atom stereocenters. The number of alkyl halides is 3. The molecule has 1 aliphatic rings. The Hall–Kier alpha value is -2.09. The average Bonchev–Trinajstić information content (AvgIpc) is 3.17. The Kier molecular flexibility index (Phi) is 7.39. The molecule has 2 aromatic rings. The summed E-state index contributed by atoms with van der Waals surface area (Å²) in [5, 5.41) is 5.93. The van der Waals surface area contributed by atoms with Gasteiger partial charge in [-0.15, -0.1) is 0 Å². The van der Waals surface area contributed by atoms with Crippen LogP contribution in [0, 0.1) is 0 Å². The molecule has 1 saturated heterocycles. The van der Waals surface area contributed by atoms with Crippen molar-refractivity contribution in [2.24, 2.45) is 0 Å². The summed E-state index contributed by atoms with van der Waals surface area (Å²) < 4.78 is 39.2. The summed E-state index contributed by atoms with van der Waals surface area (Å²) in [7, 11) is 0. The molecular weight excluding hydrogens is 415 g/mol. The number of hydrogen-bond acceptors (Lipinski definition) is 3. The summed E-state index contributed by atoms with van der Waals surface area (Å²) in [5.74, 6) is -0.455. The smallest absolute Gasteiger partial charge is 0.323 e. The van der Waals surface area contributed by atoms with E-state index >= 15 is 0 Å². The SMILES string of the molecule is CCN1CCC[C@H]1CN[C@@H](C(=O)Nc1cc(C(F)(F)F)ccc1Cl)c1ccccc1. The number of nitrogens with zero attached hydrogens (tertiary/aromatic N) is 1. The minimum absolute atomic E-state index is 0.0520. The molecule has 1 fully saturated rings. The Morgan fingerprint density at radius 3 is 2.63 bits per heavy atom. The third kappa shape index (κ3) is 5.53. The number of carbonyl (C=O) groups is 1. The van der Waals surface area contributed by atoms with Crippen molar-refractivity contribution in [3.63, 3.8) is 0 Å². The van der Waals surface area contributed by atoms with Gasteiger partial charge in [0.2, 0.25) is 5.91 Å². The van der Waals surface area contributed by atoms with Crippen LogP contribution in [-0.4, -0.2) is 36.5 Å². The number of anilines is 1. The molecule has 0 bridgehead atoms. The van der Waals surface area contributed by atoms with E-state index in [-0.39, 0.29) is 10.7 Å². The largest absolute Gasteiger partial charge is 0.416 e. The minimum atomic E-state index is -4.52. The molecule has 4 nitrogen and oxygen atoms in total. The van der Waals surface area contributed by atoms with Crippen LogP contribution >= 0.6 is 11.6 Å². The van der Waals surface area contributed by atoms with Crippen molar-refractivity contribution >= 4 is 23.2 Å². The van der Waals surface area contributed by atoms with E-state index in [2.05, 4.69) is 22.5 Å². The molecule has 30 heavy (non-hydrogen) atoms. The fourth-order valence-electron chi connectivity index (χ4n) is 3.81. The van der Waals surface area contributed by atoms with Crippen molar-refractivity contribution in [1.29, 1.82) is 0 Å². The Balaban J connectivity index is 1.79. The van der Waals surface area contributed by atoms with Gasteiger partial charge >= 0.3 is 6.18 Å². The van der Waals surface area contributed by atoms with E-state index in [1.165, 1.54) is 0 Å². The Bertz CT molecular complexity index is 860. The summed E-state index contributed by atoms with van der Waals surface area (Å²) >= 11 is 6.05. The third-order valence-electron chi connectivity index (χ3n) is 5.41. The maximum Gasteiger partial charge on any atom is 0.416 e. The first-order valence-electron chi connectivity index (χ1n) is 9.99. The van der Waals surface area contributed by atoms with Gasteiger partial charge in [0.05, 0.1) is 16.3 Å². The van der Waals surface area contributed by atoms with Gasteiger partial charge < -0.3 is 10.6 Å². The number of halogens is 4. The van der Waals surface area contributed by atoms with Gasteiger partial charge in [0.15, 0.2) is 0 Å². The van der Waals surface area contributed by atoms with Crippen LogP contribution in [0.1, 0.15) is 36.9 Å². The fourth-order valence-corrected chi connectivity index (χ4v) is 3.97. The number of likely N-dealkylation sites (tertiary alicyclic amines) is 1. The molecule has 2 atom stereocenters. The number of benzene rings is 2. The van der Waals surface area contributed by atoms with Gasteiger partial charge in [-0.1, -0.05) is 48.9 Å². The van der Waals surface area contributed by atoms with E-state index in [0.717, 1.165) is 49.7 Å². The quantitative estimate of drug-likeness (QED) is 0.630. The van der Waals surface area contributed by atoms with Gasteiger partial charge in [-0.2, -0.15) is 13.2 Å². The summed E-state index contributed by atoms with van der Waals surface area (Å²) in [6.45, 7) is 4.69.